The second-order valence-electron chi connectivity index (χ2n) is 14.7. The minimum absolute atomic E-state index is 0.140. The number of anilines is 3. The van der Waals surface area contributed by atoms with Crippen molar-refractivity contribution in [2.75, 3.05) is 68.0 Å². The van der Waals surface area contributed by atoms with E-state index in [9.17, 15) is 19.2 Å². The van der Waals surface area contributed by atoms with E-state index in [2.05, 4.69) is 41.6 Å². The first-order valence-corrected chi connectivity index (χ1v) is 19.1. The topological polar surface area (TPSA) is 146 Å². The van der Waals surface area contributed by atoms with Crippen LogP contribution in [0.15, 0.2) is 78.9 Å². The smallest absolute Gasteiger partial charge is 0.328 e. The number of para-hydroxylation sites is 1. The molecule has 3 N–H and O–H groups in total. The largest absolute Gasteiger partial charge is 0.371 e. The van der Waals surface area contributed by atoms with Crippen LogP contribution in [-0.4, -0.2) is 108 Å². The molecule has 0 unspecified atom stereocenters. The number of hydrogen-bond donors (Lipinski definition) is 3. The van der Waals surface area contributed by atoms with E-state index in [-0.39, 0.29) is 23.8 Å². The number of urea groups is 1. The van der Waals surface area contributed by atoms with E-state index in [1.165, 1.54) is 7.11 Å². The number of H-pyrrole nitrogens is 1. The van der Waals surface area contributed by atoms with Crippen molar-refractivity contribution >= 4 is 40.9 Å². The van der Waals surface area contributed by atoms with Gasteiger partial charge >= 0.3 is 6.03 Å². The molecule has 286 valence electrons. The molecule has 0 bridgehead atoms. The van der Waals surface area contributed by atoms with Crippen LogP contribution in [0, 0.1) is 0 Å². The molecule has 3 saturated heterocycles. The number of methoxy groups -OCH3 is 1. The quantitative estimate of drug-likeness (QED) is 0.218. The number of rotatable bonds is 10. The maximum absolute atomic E-state index is 13.3. The van der Waals surface area contributed by atoms with Gasteiger partial charge in [-0.15, -0.1) is 0 Å². The molecule has 3 fully saturated rings. The zero-order valence-electron chi connectivity index (χ0n) is 31.1. The number of piperazine rings is 1. The number of piperidine rings is 1. The molecule has 0 radical (unpaired) electrons. The molecule has 14 nitrogen and oxygen atoms in total. The Balaban J connectivity index is 0.798. The van der Waals surface area contributed by atoms with Crippen LogP contribution < -0.4 is 20.4 Å². The first kappa shape index (κ1) is 36.4. The van der Waals surface area contributed by atoms with E-state index < -0.39 is 6.10 Å². The molecule has 0 spiro atoms. The summed E-state index contributed by atoms with van der Waals surface area (Å²) < 4.78 is 5.56. The van der Waals surface area contributed by atoms with Crippen LogP contribution in [0.5, 0.6) is 0 Å². The Labute approximate surface area is 320 Å². The number of ether oxygens (including phenoxy) is 1. The third-order valence-corrected chi connectivity index (χ3v) is 11.4. The summed E-state index contributed by atoms with van der Waals surface area (Å²) in [6.45, 7) is 7.70. The third kappa shape index (κ3) is 7.84. The van der Waals surface area contributed by atoms with E-state index in [0.29, 0.717) is 43.5 Å². The Kier molecular flexibility index (Phi) is 10.6. The van der Waals surface area contributed by atoms with Gasteiger partial charge in [0, 0.05) is 94.4 Å². The number of aromatic nitrogens is 2. The van der Waals surface area contributed by atoms with Crippen LogP contribution in [0.1, 0.15) is 58.1 Å². The van der Waals surface area contributed by atoms with E-state index in [1.807, 2.05) is 72.8 Å². The SMILES string of the molecule is CO[C@@H](C(=O)N1Cc2[nH]nc(NC(=O)c3ccc(N4CCC(N5CCN(Cc6ccccc6N6CCC(=O)NC6=O)CC5)CC4)cc3)c2C1)c1ccccc1. The van der Waals surface area contributed by atoms with Gasteiger partial charge in [-0.1, -0.05) is 48.5 Å². The molecule has 4 aliphatic rings. The fourth-order valence-corrected chi connectivity index (χ4v) is 8.29. The standard InChI is InChI=1S/C41H47N9O5/c1-55-37(28-7-3-2-4-8-28)40(53)49-26-33-34(27-49)44-45-38(33)43-39(52)29-11-13-31(14-12-29)47-18-15-32(16-19-47)48-23-21-46(22-24-48)25-30-9-5-6-10-35(30)50-20-17-36(51)42-41(50)54/h2-14,32,37H,15-27H2,1H3,(H,42,51,54)(H2,43,44,45,52)/t37-/m1/s1. The number of carbonyl (C=O) groups is 4. The van der Waals surface area contributed by atoms with Crippen molar-refractivity contribution in [2.45, 2.75) is 51.0 Å². The summed E-state index contributed by atoms with van der Waals surface area (Å²) in [6.07, 6.45) is 1.76. The van der Waals surface area contributed by atoms with Crippen molar-refractivity contribution in [3.05, 3.63) is 107 Å². The Morgan fingerprint density at radius 2 is 1.60 bits per heavy atom. The molecule has 5 heterocycles. The lowest BCUT2D eigenvalue weighted by molar-refractivity contribution is -0.143. The minimum atomic E-state index is -0.703. The number of aromatic amines is 1. The Morgan fingerprint density at radius 1 is 0.873 bits per heavy atom. The van der Waals surface area contributed by atoms with Gasteiger partial charge in [-0.2, -0.15) is 5.10 Å². The van der Waals surface area contributed by atoms with Crippen molar-refractivity contribution in [1.29, 1.82) is 0 Å². The van der Waals surface area contributed by atoms with Crippen LogP contribution in [0.2, 0.25) is 0 Å². The van der Waals surface area contributed by atoms with E-state index in [0.717, 1.165) is 92.4 Å². The molecule has 1 aromatic heterocycles. The normalized spacial score (nSPS) is 19.0. The number of fused-ring (bicyclic) bond motifs is 1. The van der Waals surface area contributed by atoms with Crippen molar-refractivity contribution in [3.8, 4) is 0 Å². The molecule has 1 atom stereocenters. The van der Waals surface area contributed by atoms with Gasteiger partial charge in [0.2, 0.25) is 5.91 Å². The lowest BCUT2D eigenvalue weighted by Gasteiger charge is -2.43. The molecular weight excluding hydrogens is 699 g/mol. The summed E-state index contributed by atoms with van der Waals surface area (Å²) in [5.41, 5.74) is 6.02. The van der Waals surface area contributed by atoms with E-state index in [1.54, 1.807) is 9.80 Å². The van der Waals surface area contributed by atoms with Crippen LogP contribution in [-0.2, 0) is 34.0 Å². The number of amides is 5. The summed E-state index contributed by atoms with van der Waals surface area (Å²) in [4.78, 5) is 61.7. The van der Waals surface area contributed by atoms with Crippen molar-refractivity contribution < 1.29 is 23.9 Å². The van der Waals surface area contributed by atoms with Gasteiger partial charge in [0.25, 0.3) is 11.8 Å². The number of hydrogen-bond acceptors (Lipinski definition) is 9. The summed E-state index contributed by atoms with van der Waals surface area (Å²) in [6, 6.07) is 25.3. The zero-order valence-corrected chi connectivity index (χ0v) is 31.1. The third-order valence-electron chi connectivity index (χ3n) is 11.4. The summed E-state index contributed by atoms with van der Waals surface area (Å²) >= 11 is 0. The van der Waals surface area contributed by atoms with E-state index >= 15 is 0 Å². The molecule has 4 aliphatic heterocycles. The summed E-state index contributed by atoms with van der Waals surface area (Å²) in [5, 5.41) is 12.7. The van der Waals surface area contributed by atoms with Crippen LogP contribution >= 0.6 is 0 Å². The zero-order chi connectivity index (χ0) is 37.9. The highest BCUT2D eigenvalue weighted by atomic mass is 16.5. The van der Waals surface area contributed by atoms with Crippen LogP contribution in [0.25, 0.3) is 0 Å². The molecule has 14 heteroatoms. The highest BCUT2D eigenvalue weighted by Crippen LogP contribution is 2.31. The van der Waals surface area contributed by atoms with Crippen molar-refractivity contribution in [2.24, 2.45) is 0 Å². The second-order valence-corrected chi connectivity index (χ2v) is 14.7. The molecule has 4 aromatic rings. The number of nitrogens with one attached hydrogen (secondary N) is 3. The Hall–Kier alpha value is -5.57. The number of imide groups is 1. The average molecular weight is 746 g/mol. The van der Waals surface area contributed by atoms with Crippen molar-refractivity contribution in [1.82, 2.24) is 30.2 Å². The molecule has 55 heavy (non-hydrogen) atoms. The van der Waals surface area contributed by atoms with Gasteiger partial charge in [0.05, 0.1) is 18.8 Å². The monoisotopic (exact) mass is 745 g/mol. The first-order chi connectivity index (χ1) is 26.8. The fourth-order valence-electron chi connectivity index (χ4n) is 8.29. The summed E-state index contributed by atoms with van der Waals surface area (Å²) in [7, 11) is 1.53. The molecular formula is C41H47N9O5. The molecule has 0 aliphatic carbocycles. The van der Waals surface area contributed by atoms with E-state index in [4.69, 9.17) is 4.74 Å². The van der Waals surface area contributed by atoms with Crippen LogP contribution in [0.4, 0.5) is 22.0 Å². The van der Waals surface area contributed by atoms with Crippen molar-refractivity contribution in [3.63, 3.8) is 0 Å². The molecule has 0 saturated carbocycles. The molecule has 5 amide bonds. The maximum atomic E-state index is 13.3. The Morgan fingerprint density at radius 3 is 2.33 bits per heavy atom. The number of carbonyl (C=O) groups excluding carboxylic acids is 4. The van der Waals surface area contributed by atoms with Gasteiger partial charge in [-0.25, -0.2) is 4.79 Å². The van der Waals surface area contributed by atoms with Crippen LogP contribution in [0.3, 0.4) is 0 Å². The van der Waals surface area contributed by atoms with Gasteiger partial charge in [-0.3, -0.25) is 39.5 Å². The second kappa shape index (κ2) is 16.0. The highest BCUT2D eigenvalue weighted by Gasteiger charge is 2.34. The number of benzene rings is 3. The highest BCUT2D eigenvalue weighted by molar-refractivity contribution is 6.06. The van der Waals surface area contributed by atoms with Gasteiger partial charge in [-0.05, 0) is 54.3 Å². The predicted molar refractivity (Wildman–Crippen MR) is 207 cm³/mol. The van der Waals surface area contributed by atoms with Gasteiger partial charge in [0.15, 0.2) is 11.9 Å². The number of nitrogens with zero attached hydrogens (tertiary/aromatic N) is 6. The van der Waals surface area contributed by atoms with Gasteiger partial charge in [0.1, 0.15) is 0 Å². The summed E-state index contributed by atoms with van der Waals surface area (Å²) in [5.74, 6) is -0.178. The lowest BCUT2D eigenvalue weighted by atomic mass is 10.0. The molecule has 3 aromatic carbocycles. The fraction of sp³-hybridized carbons (Fsp3) is 0.390. The first-order valence-electron chi connectivity index (χ1n) is 19.1. The maximum Gasteiger partial charge on any atom is 0.328 e. The predicted octanol–water partition coefficient (Wildman–Crippen LogP) is 4.12. The minimum Gasteiger partial charge on any atom is -0.371 e. The van der Waals surface area contributed by atoms with Gasteiger partial charge < -0.3 is 19.9 Å². The molecule has 8 rings (SSSR count). The Bertz CT molecular complexity index is 2020. The lowest BCUT2D eigenvalue weighted by Crippen LogP contribution is -2.53. The average Bonchev–Trinajstić information content (AvgIpc) is 3.81.